The largest absolute Gasteiger partial charge is 0.401 e. The van der Waals surface area contributed by atoms with Crippen molar-refractivity contribution in [2.24, 2.45) is 11.7 Å². The van der Waals surface area contributed by atoms with E-state index in [0.29, 0.717) is 32.6 Å². The monoisotopic (exact) mass is 293 g/mol. The molecule has 0 aromatic rings. The number of rotatable bonds is 3. The van der Waals surface area contributed by atoms with Crippen molar-refractivity contribution in [1.29, 1.82) is 0 Å². The Hall–Kier alpha value is -0.820. The van der Waals surface area contributed by atoms with Crippen molar-refractivity contribution >= 4 is 5.91 Å². The van der Waals surface area contributed by atoms with Crippen LogP contribution in [-0.2, 0) is 4.79 Å². The summed E-state index contributed by atoms with van der Waals surface area (Å²) >= 11 is 0. The molecule has 2 atom stereocenters. The smallest absolute Gasteiger partial charge is 0.340 e. The second-order valence-electron chi connectivity index (χ2n) is 5.83. The minimum absolute atomic E-state index is 0.0407. The van der Waals surface area contributed by atoms with Crippen LogP contribution in [0.4, 0.5) is 13.2 Å². The zero-order valence-corrected chi connectivity index (χ0v) is 11.5. The molecule has 20 heavy (non-hydrogen) atoms. The van der Waals surface area contributed by atoms with Gasteiger partial charge in [0.2, 0.25) is 5.91 Å². The quantitative estimate of drug-likeness (QED) is 0.851. The van der Waals surface area contributed by atoms with Gasteiger partial charge in [-0.25, -0.2) is 0 Å². The van der Waals surface area contributed by atoms with Gasteiger partial charge in [0.15, 0.2) is 0 Å². The number of amides is 1. The van der Waals surface area contributed by atoms with Gasteiger partial charge in [-0.2, -0.15) is 13.2 Å². The van der Waals surface area contributed by atoms with Gasteiger partial charge in [0.05, 0.1) is 6.54 Å². The molecule has 2 fully saturated rings. The summed E-state index contributed by atoms with van der Waals surface area (Å²) in [7, 11) is 0. The van der Waals surface area contributed by atoms with Gasteiger partial charge in [-0.15, -0.1) is 0 Å². The predicted molar refractivity (Wildman–Crippen MR) is 69.0 cm³/mol. The standard InChI is InChI=1S/C13H22F3N3O/c14-13(15,16)9-18-4-6-19(7-5-18)12(20)8-10-2-1-3-11(10)17/h10-11H,1-9,17H2/t10-,11+/m0/s1. The average molecular weight is 293 g/mol. The molecule has 0 aromatic heterocycles. The summed E-state index contributed by atoms with van der Waals surface area (Å²) in [4.78, 5) is 15.2. The molecule has 7 heteroatoms. The predicted octanol–water partition coefficient (Wildman–Crippen LogP) is 1.21. The van der Waals surface area contributed by atoms with Crippen molar-refractivity contribution < 1.29 is 18.0 Å². The highest BCUT2D eigenvalue weighted by atomic mass is 19.4. The van der Waals surface area contributed by atoms with Crippen LogP contribution in [0.5, 0.6) is 0 Å². The Morgan fingerprint density at radius 1 is 1.15 bits per heavy atom. The minimum Gasteiger partial charge on any atom is -0.340 e. The molecule has 1 saturated heterocycles. The first-order valence-electron chi connectivity index (χ1n) is 7.17. The maximum Gasteiger partial charge on any atom is 0.401 e. The highest BCUT2D eigenvalue weighted by Crippen LogP contribution is 2.27. The SMILES string of the molecule is N[C@@H]1CCC[C@H]1CC(=O)N1CCN(CC(F)(F)F)CC1. The molecule has 2 N–H and O–H groups in total. The third-order valence-corrected chi connectivity index (χ3v) is 4.28. The Bertz CT molecular complexity index is 340. The molecule has 0 radical (unpaired) electrons. The third kappa shape index (κ3) is 4.34. The van der Waals surface area contributed by atoms with Crippen LogP contribution in [0.25, 0.3) is 0 Å². The van der Waals surface area contributed by atoms with Crippen molar-refractivity contribution in [3.05, 3.63) is 0 Å². The summed E-state index contributed by atoms with van der Waals surface area (Å²) < 4.78 is 36.8. The van der Waals surface area contributed by atoms with E-state index < -0.39 is 12.7 Å². The zero-order chi connectivity index (χ0) is 14.8. The molecule has 1 heterocycles. The van der Waals surface area contributed by atoms with E-state index in [-0.39, 0.29) is 17.9 Å². The lowest BCUT2D eigenvalue weighted by molar-refractivity contribution is -0.152. The molecular formula is C13H22F3N3O. The van der Waals surface area contributed by atoms with E-state index in [9.17, 15) is 18.0 Å². The molecule has 0 unspecified atom stereocenters. The van der Waals surface area contributed by atoms with Crippen molar-refractivity contribution in [1.82, 2.24) is 9.80 Å². The molecule has 116 valence electrons. The number of alkyl halides is 3. The topological polar surface area (TPSA) is 49.6 Å². The molecule has 2 aliphatic rings. The summed E-state index contributed by atoms with van der Waals surface area (Å²) in [5, 5.41) is 0. The summed E-state index contributed by atoms with van der Waals surface area (Å²) in [5.74, 6) is 0.287. The van der Waals surface area contributed by atoms with Crippen LogP contribution in [0.15, 0.2) is 0 Å². The second kappa shape index (κ2) is 6.30. The molecule has 1 amide bonds. The Kier molecular flexibility index (Phi) is 4.90. The Balaban J connectivity index is 1.74. The lowest BCUT2D eigenvalue weighted by Crippen LogP contribution is -2.51. The summed E-state index contributed by atoms with van der Waals surface area (Å²) in [5.41, 5.74) is 5.94. The number of nitrogens with zero attached hydrogens (tertiary/aromatic N) is 2. The van der Waals surface area contributed by atoms with Gasteiger partial charge in [0.25, 0.3) is 0 Å². The molecule has 1 saturated carbocycles. The van der Waals surface area contributed by atoms with Crippen molar-refractivity contribution in [2.75, 3.05) is 32.7 Å². The average Bonchev–Trinajstić information content (AvgIpc) is 2.74. The van der Waals surface area contributed by atoms with E-state index in [0.717, 1.165) is 19.3 Å². The lowest BCUT2D eigenvalue weighted by atomic mass is 9.99. The fourth-order valence-corrected chi connectivity index (χ4v) is 3.08. The van der Waals surface area contributed by atoms with E-state index in [1.54, 1.807) is 4.90 Å². The first-order valence-corrected chi connectivity index (χ1v) is 7.17. The van der Waals surface area contributed by atoms with E-state index in [2.05, 4.69) is 0 Å². The van der Waals surface area contributed by atoms with Crippen LogP contribution in [0, 0.1) is 5.92 Å². The van der Waals surface area contributed by atoms with Gasteiger partial charge in [-0.1, -0.05) is 6.42 Å². The fourth-order valence-electron chi connectivity index (χ4n) is 3.08. The molecule has 4 nitrogen and oxygen atoms in total. The summed E-state index contributed by atoms with van der Waals surface area (Å²) in [6.45, 7) is 0.472. The van der Waals surface area contributed by atoms with Crippen LogP contribution in [0.2, 0.25) is 0 Å². The Labute approximate surface area is 117 Å². The van der Waals surface area contributed by atoms with Crippen molar-refractivity contribution in [3.63, 3.8) is 0 Å². The fraction of sp³-hybridized carbons (Fsp3) is 0.923. The van der Waals surface area contributed by atoms with Crippen LogP contribution in [-0.4, -0.2) is 60.6 Å². The molecule has 1 aliphatic heterocycles. The summed E-state index contributed by atoms with van der Waals surface area (Å²) in [6, 6.07) is 0.102. The van der Waals surface area contributed by atoms with Crippen LogP contribution in [0.3, 0.4) is 0 Å². The van der Waals surface area contributed by atoms with E-state index in [4.69, 9.17) is 5.73 Å². The number of hydrogen-bond donors (Lipinski definition) is 1. The minimum atomic E-state index is -4.16. The maximum atomic E-state index is 12.3. The van der Waals surface area contributed by atoms with Gasteiger partial charge >= 0.3 is 6.18 Å². The molecule has 0 aromatic carbocycles. The molecule has 2 rings (SSSR count). The first-order chi connectivity index (χ1) is 9.35. The zero-order valence-electron chi connectivity index (χ0n) is 11.5. The highest BCUT2D eigenvalue weighted by Gasteiger charge is 2.33. The van der Waals surface area contributed by atoms with E-state index in [1.165, 1.54) is 4.90 Å². The van der Waals surface area contributed by atoms with Crippen LogP contribution < -0.4 is 5.73 Å². The number of carbonyl (C=O) groups excluding carboxylic acids is 1. The second-order valence-corrected chi connectivity index (χ2v) is 5.83. The van der Waals surface area contributed by atoms with Gasteiger partial charge in [0.1, 0.15) is 0 Å². The molecule has 1 aliphatic carbocycles. The van der Waals surface area contributed by atoms with Gasteiger partial charge in [-0.05, 0) is 18.8 Å². The number of halogens is 3. The first kappa shape index (κ1) is 15.6. The van der Waals surface area contributed by atoms with E-state index in [1.807, 2.05) is 0 Å². The van der Waals surface area contributed by atoms with Gasteiger partial charge < -0.3 is 10.6 Å². The number of piperazine rings is 1. The summed E-state index contributed by atoms with van der Waals surface area (Å²) in [6.07, 6.45) is -0.694. The van der Waals surface area contributed by atoms with Crippen molar-refractivity contribution in [3.8, 4) is 0 Å². The normalized spacial score (nSPS) is 28.9. The molecule has 0 spiro atoms. The Morgan fingerprint density at radius 2 is 1.80 bits per heavy atom. The van der Waals surface area contributed by atoms with E-state index >= 15 is 0 Å². The molecule has 0 bridgehead atoms. The van der Waals surface area contributed by atoms with Gasteiger partial charge in [0, 0.05) is 38.6 Å². The Morgan fingerprint density at radius 3 is 2.30 bits per heavy atom. The third-order valence-electron chi connectivity index (χ3n) is 4.28. The number of hydrogen-bond acceptors (Lipinski definition) is 3. The maximum absolute atomic E-state index is 12.3. The lowest BCUT2D eigenvalue weighted by Gasteiger charge is -2.35. The molecular weight excluding hydrogens is 271 g/mol. The van der Waals surface area contributed by atoms with Crippen LogP contribution in [0.1, 0.15) is 25.7 Å². The number of carbonyl (C=O) groups is 1. The highest BCUT2D eigenvalue weighted by molar-refractivity contribution is 5.76. The van der Waals surface area contributed by atoms with Crippen molar-refractivity contribution in [2.45, 2.75) is 37.9 Å². The van der Waals surface area contributed by atoms with Gasteiger partial charge in [-0.3, -0.25) is 9.69 Å². The number of nitrogens with two attached hydrogens (primary N) is 1. The van der Waals surface area contributed by atoms with Crippen LogP contribution >= 0.6 is 0 Å².